The van der Waals surface area contributed by atoms with Crippen LogP contribution in [0.25, 0.3) is 0 Å². The summed E-state index contributed by atoms with van der Waals surface area (Å²) < 4.78 is 40.5. The van der Waals surface area contributed by atoms with Gasteiger partial charge in [-0.05, 0) is 6.07 Å². The average Bonchev–Trinajstić information content (AvgIpc) is 2.70. The molecule has 1 N–H and O–H groups in total. The molecule has 0 fully saturated rings. The molecule has 0 aliphatic heterocycles. The lowest BCUT2D eigenvalue weighted by molar-refractivity contribution is -0.167. The summed E-state index contributed by atoms with van der Waals surface area (Å²) in [5, 5.41) is 1.51. The highest BCUT2D eigenvalue weighted by atomic mass is 32.1. The van der Waals surface area contributed by atoms with Gasteiger partial charge in [0.1, 0.15) is 4.88 Å². The van der Waals surface area contributed by atoms with E-state index in [9.17, 15) is 27.6 Å². The summed E-state index contributed by atoms with van der Waals surface area (Å²) in [4.78, 5) is 32.2. The van der Waals surface area contributed by atoms with Gasteiger partial charge in [-0.3, -0.25) is 9.59 Å². The molecule has 0 aromatic carbocycles. The van der Waals surface area contributed by atoms with Gasteiger partial charge < -0.3 is 10.1 Å². The summed E-state index contributed by atoms with van der Waals surface area (Å²) in [5.41, 5.74) is -0.406. The molecule has 0 saturated carbocycles. The van der Waals surface area contributed by atoms with Gasteiger partial charge in [0.05, 0.1) is 17.7 Å². The number of hydrogen-bond donors (Lipinski definition) is 1. The van der Waals surface area contributed by atoms with Crippen LogP contribution in [-0.2, 0) is 9.53 Å². The van der Waals surface area contributed by atoms with Gasteiger partial charge in [-0.2, -0.15) is 13.2 Å². The lowest BCUT2D eigenvalue weighted by Crippen LogP contribution is -2.30. The van der Waals surface area contributed by atoms with Crippen LogP contribution >= 0.6 is 11.3 Å². The number of thiophene rings is 1. The molecule has 0 saturated heterocycles. The molecule has 98 valence electrons. The van der Waals surface area contributed by atoms with Crippen LogP contribution in [-0.4, -0.2) is 31.4 Å². The smallest absolute Gasteiger partial charge is 0.465 e. The van der Waals surface area contributed by atoms with Gasteiger partial charge in [0.2, 0.25) is 0 Å². The van der Waals surface area contributed by atoms with Crippen LogP contribution in [0, 0.1) is 0 Å². The van der Waals surface area contributed by atoms with Crippen LogP contribution in [0.2, 0.25) is 0 Å². The molecule has 1 aromatic rings. The number of nitrogens with one attached hydrogen (secondary N) is 1. The van der Waals surface area contributed by atoms with E-state index in [4.69, 9.17) is 0 Å². The molecule has 1 rings (SSSR count). The van der Waals surface area contributed by atoms with E-state index in [1.807, 2.05) is 0 Å². The second kappa shape index (κ2) is 5.17. The zero-order chi connectivity index (χ0) is 13.9. The molecule has 0 radical (unpaired) electrons. The Labute approximate surface area is 103 Å². The molecular weight excluding hydrogens is 275 g/mol. The van der Waals surface area contributed by atoms with Crippen molar-refractivity contribution in [3.05, 3.63) is 15.8 Å². The summed E-state index contributed by atoms with van der Waals surface area (Å²) in [6.07, 6.45) is -4.74. The third kappa shape index (κ3) is 3.06. The minimum atomic E-state index is -5.09. The Balaban J connectivity index is 3.08. The van der Waals surface area contributed by atoms with Gasteiger partial charge >= 0.3 is 18.1 Å². The second-order valence-electron chi connectivity index (χ2n) is 2.95. The van der Waals surface area contributed by atoms with Crippen molar-refractivity contribution in [3.63, 3.8) is 0 Å². The highest BCUT2D eigenvalue weighted by Crippen LogP contribution is 2.28. The highest BCUT2D eigenvalue weighted by molar-refractivity contribution is 7.16. The molecule has 1 aromatic heterocycles. The fraction of sp³-hybridized carbons (Fsp3) is 0.222. The number of hydrogen-bond acceptors (Lipinski definition) is 5. The van der Waals surface area contributed by atoms with Crippen LogP contribution < -0.4 is 5.32 Å². The molecule has 1 amide bonds. The predicted molar refractivity (Wildman–Crippen MR) is 55.7 cm³/mol. The van der Waals surface area contributed by atoms with Crippen molar-refractivity contribution in [2.75, 3.05) is 12.4 Å². The van der Waals surface area contributed by atoms with Crippen LogP contribution in [0.1, 0.15) is 19.3 Å². The fourth-order valence-electron chi connectivity index (χ4n) is 0.999. The Bertz CT molecular complexity index is 494. The Morgan fingerprint density at radius 2 is 2.06 bits per heavy atom. The summed E-state index contributed by atoms with van der Waals surface area (Å²) in [6, 6.07) is 0.966. The number of esters is 1. The van der Waals surface area contributed by atoms with Crippen LogP contribution in [0.15, 0.2) is 6.07 Å². The maximum absolute atomic E-state index is 12.0. The summed E-state index contributed by atoms with van der Waals surface area (Å²) >= 11 is 0.620. The fourth-order valence-corrected chi connectivity index (χ4v) is 1.85. The maximum atomic E-state index is 12.0. The van der Waals surface area contributed by atoms with Gasteiger partial charge in [0.15, 0.2) is 6.29 Å². The Kier molecular flexibility index (Phi) is 4.07. The number of anilines is 1. The normalized spacial score (nSPS) is 10.9. The zero-order valence-corrected chi connectivity index (χ0v) is 9.65. The van der Waals surface area contributed by atoms with Crippen LogP contribution in [0.3, 0.4) is 0 Å². The first-order chi connectivity index (χ1) is 8.29. The summed E-state index contributed by atoms with van der Waals surface area (Å²) in [7, 11) is 1.03. The first kappa shape index (κ1) is 14.2. The first-order valence-corrected chi connectivity index (χ1v) is 5.16. The maximum Gasteiger partial charge on any atom is 0.471 e. The molecule has 5 nitrogen and oxygen atoms in total. The molecule has 9 heteroatoms. The molecule has 18 heavy (non-hydrogen) atoms. The Morgan fingerprint density at radius 3 is 2.50 bits per heavy atom. The molecule has 0 atom stereocenters. The van der Waals surface area contributed by atoms with E-state index in [1.54, 1.807) is 0 Å². The zero-order valence-electron chi connectivity index (χ0n) is 8.83. The van der Waals surface area contributed by atoms with Crippen LogP contribution in [0.4, 0.5) is 18.9 Å². The van der Waals surface area contributed by atoms with E-state index < -0.39 is 23.7 Å². The lowest BCUT2D eigenvalue weighted by Gasteiger charge is -2.07. The van der Waals surface area contributed by atoms with Gasteiger partial charge in [0, 0.05) is 0 Å². The third-order valence-corrected chi connectivity index (χ3v) is 2.78. The number of amides is 1. The van der Waals surface area contributed by atoms with Crippen LogP contribution in [0.5, 0.6) is 0 Å². The largest absolute Gasteiger partial charge is 0.471 e. The van der Waals surface area contributed by atoms with Gasteiger partial charge in [-0.1, -0.05) is 0 Å². The monoisotopic (exact) mass is 281 g/mol. The number of ether oxygens (including phenoxy) is 1. The van der Waals surface area contributed by atoms with E-state index >= 15 is 0 Å². The van der Waals surface area contributed by atoms with Crippen molar-refractivity contribution in [1.29, 1.82) is 0 Å². The van der Waals surface area contributed by atoms with Crippen molar-refractivity contribution < 1.29 is 32.3 Å². The Hall–Kier alpha value is -1.90. The van der Waals surface area contributed by atoms with Gasteiger partial charge in [-0.15, -0.1) is 11.3 Å². The average molecular weight is 281 g/mol. The number of aldehydes is 1. The van der Waals surface area contributed by atoms with E-state index in [-0.39, 0.29) is 9.75 Å². The van der Waals surface area contributed by atoms with E-state index in [0.29, 0.717) is 17.6 Å². The van der Waals surface area contributed by atoms with Gasteiger partial charge in [-0.25, -0.2) is 4.79 Å². The Morgan fingerprint density at radius 1 is 1.44 bits per heavy atom. The summed E-state index contributed by atoms with van der Waals surface area (Å²) in [5.74, 6) is -3.17. The van der Waals surface area contributed by atoms with Crippen molar-refractivity contribution in [3.8, 4) is 0 Å². The van der Waals surface area contributed by atoms with Crippen molar-refractivity contribution >= 4 is 35.2 Å². The first-order valence-electron chi connectivity index (χ1n) is 4.35. The van der Waals surface area contributed by atoms with Crippen molar-refractivity contribution in [2.24, 2.45) is 0 Å². The van der Waals surface area contributed by atoms with E-state index in [0.717, 1.165) is 13.2 Å². The minimum absolute atomic E-state index is 0.00660. The van der Waals surface area contributed by atoms with Crippen molar-refractivity contribution in [2.45, 2.75) is 6.18 Å². The molecule has 0 unspecified atom stereocenters. The molecule has 0 aliphatic rings. The number of alkyl halides is 3. The number of carbonyl (C=O) groups excluding carboxylic acids is 3. The SMILES string of the molecule is COC(=O)c1sc(C=O)cc1NC(=O)C(F)(F)F. The molecule has 1 heterocycles. The highest BCUT2D eigenvalue weighted by Gasteiger charge is 2.39. The lowest BCUT2D eigenvalue weighted by atomic mass is 10.3. The summed E-state index contributed by atoms with van der Waals surface area (Å²) in [6.45, 7) is 0. The molecule has 0 spiro atoms. The number of methoxy groups -OCH3 is 1. The third-order valence-electron chi connectivity index (χ3n) is 1.74. The number of carbonyl (C=O) groups is 3. The number of rotatable bonds is 3. The molecule has 0 aliphatic carbocycles. The van der Waals surface area contributed by atoms with Gasteiger partial charge in [0.25, 0.3) is 0 Å². The van der Waals surface area contributed by atoms with Crippen molar-refractivity contribution in [1.82, 2.24) is 0 Å². The number of halogens is 3. The predicted octanol–water partition coefficient (Wildman–Crippen LogP) is 1.85. The molecule has 0 bridgehead atoms. The second-order valence-corrected chi connectivity index (χ2v) is 4.04. The topological polar surface area (TPSA) is 72.5 Å². The molecular formula is C9H6F3NO4S. The van der Waals surface area contributed by atoms with E-state index in [2.05, 4.69) is 4.74 Å². The standard InChI is InChI=1S/C9H6F3NO4S/c1-17-7(15)6-5(2-4(3-14)18-6)13-8(16)9(10,11)12/h2-3H,1H3,(H,13,16). The van der Waals surface area contributed by atoms with E-state index in [1.165, 1.54) is 5.32 Å². The quantitative estimate of drug-likeness (QED) is 0.678. The minimum Gasteiger partial charge on any atom is -0.465 e.